The van der Waals surface area contributed by atoms with Crippen LogP contribution < -0.4 is 4.90 Å². The number of hydrogen-bond acceptors (Lipinski definition) is 1. The molecule has 11 aromatic rings. The Labute approximate surface area is 368 Å². The van der Waals surface area contributed by atoms with Gasteiger partial charge in [-0.05, 0) is 110 Å². The van der Waals surface area contributed by atoms with Crippen LogP contribution in [0.25, 0.3) is 60.9 Å². The lowest BCUT2D eigenvalue weighted by Gasteiger charge is -2.38. The number of para-hydroxylation sites is 2. The van der Waals surface area contributed by atoms with Gasteiger partial charge in [0.25, 0.3) is 0 Å². The van der Waals surface area contributed by atoms with Gasteiger partial charge in [-0.1, -0.05) is 200 Å². The lowest BCUT2D eigenvalue weighted by atomic mass is 9.63. The van der Waals surface area contributed by atoms with E-state index in [0.717, 1.165) is 28.3 Å². The van der Waals surface area contributed by atoms with Gasteiger partial charge in [0.1, 0.15) is 0 Å². The maximum atomic E-state index is 2.45. The molecule has 1 aromatic heterocycles. The third kappa shape index (κ3) is 5.80. The third-order valence-electron chi connectivity index (χ3n) is 13.1. The van der Waals surface area contributed by atoms with Crippen molar-refractivity contribution in [1.82, 2.24) is 4.57 Å². The van der Waals surface area contributed by atoms with Crippen molar-refractivity contribution in [3.05, 3.63) is 277 Å². The molecular formula is C61H42N2. The van der Waals surface area contributed by atoms with Gasteiger partial charge < -0.3 is 9.47 Å². The van der Waals surface area contributed by atoms with Crippen LogP contribution in [0.3, 0.4) is 0 Å². The molecule has 0 radical (unpaired) electrons. The molecule has 10 aromatic carbocycles. The minimum absolute atomic E-state index is 0.614. The topological polar surface area (TPSA) is 8.17 Å². The lowest BCUT2D eigenvalue weighted by Crippen LogP contribution is -2.31. The van der Waals surface area contributed by atoms with Crippen molar-refractivity contribution >= 4 is 38.9 Å². The monoisotopic (exact) mass is 802 g/mol. The summed E-state index contributed by atoms with van der Waals surface area (Å²) in [6.07, 6.45) is 0. The van der Waals surface area contributed by atoms with E-state index in [-0.39, 0.29) is 0 Å². The molecule has 0 amide bonds. The van der Waals surface area contributed by atoms with E-state index in [0.29, 0.717) is 0 Å². The average Bonchev–Trinajstić information content (AvgIpc) is 3.66. The molecule has 1 aliphatic rings. The van der Waals surface area contributed by atoms with Gasteiger partial charge in [-0.3, -0.25) is 0 Å². The Kier molecular flexibility index (Phi) is 8.76. The van der Waals surface area contributed by atoms with E-state index in [1.54, 1.807) is 0 Å². The first-order chi connectivity index (χ1) is 31.3. The molecule has 2 heteroatoms. The van der Waals surface area contributed by atoms with Crippen LogP contribution in [0.15, 0.2) is 255 Å². The standard InChI is InChI=1S/C61H42N2/c1-4-19-43(20-5-1)44-35-39-48(40-36-44)62(58-33-18-34-59-60(58)54-29-14-17-32-57(54)63(59)47-23-8-3-9-24-47)49-41-37-46(38-42-49)61(45-21-6-2-7-22-45)55-30-15-12-27-52(55)50-25-10-11-26-51(50)53-28-13-16-31-56(53)61/h1-42H. The number of aromatic nitrogens is 1. The summed E-state index contributed by atoms with van der Waals surface area (Å²) in [7, 11) is 0. The lowest BCUT2D eigenvalue weighted by molar-refractivity contribution is 0.751. The molecule has 296 valence electrons. The molecule has 0 aliphatic heterocycles. The van der Waals surface area contributed by atoms with Crippen LogP contribution in [-0.4, -0.2) is 4.57 Å². The third-order valence-corrected chi connectivity index (χ3v) is 13.1. The molecule has 1 aliphatic carbocycles. The maximum absolute atomic E-state index is 2.45. The number of fused-ring (bicyclic) bond motifs is 8. The molecule has 0 spiro atoms. The average molecular weight is 803 g/mol. The summed E-state index contributed by atoms with van der Waals surface area (Å²) in [6.45, 7) is 0. The van der Waals surface area contributed by atoms with Gasteiger partial charge in [0, 0.05) is 27.8 Å². The van der Waals surface area contributed by atoms with E-state index in [1.807, 2.05) is 0 Å². The summed E-state index contributed by atoms with van der Waals surface area (Å²) in [5.41, 5.74) is 18.5. The Balaban J connectivity index is 1.11. The fraction of sp³-hybridized carbons (Fsp3) is 0.0164. The molecule has 0 saturated carbocycles. The molecular weight excluding hydrogens is 761 g/mol. The van der Waals surface area contributed by atoms with Gasteiger partial charge in [0.15, 0.2) is 0 Å². The van der Waals surface area contributed by atoms with E-state index in [9.17, 15) is 0 Å². The van der Waals surface area contributed by atoms with E-state index in [1.165, 1.54) is 71.9 Å². The van der Waals surface area contributed by atoms with E-state index in [4.69, 9.17) is 0 Å². The Morgan fingerprint density at radius 3 is 1.41 bits per heavy atom. The quantitative estimate of drug-likeness (QED) is 0.156. The molecule has 12 rings (SSSR count). The van der Waals surface area contributed by atoms with Crippen LogP contribution in [0, 0.1) is 0 Å². The number of rotatable bonds is 7. The van der Waals surface area contributed by atoms with Crippen LogP contribution in [-0.2, 0) is 5.41 Å². The summed E-state index contributed by atoms with van der Waals surface area (Å²) in [5, 5.41) is 2.42. The molecule has 0 bridgehead atoms. The Hall–Kier alpha value is -8.20. The Morgan fingerprint density at radius 1 is 0.317 bits per heavy atom. The first-order valence-corrected chi connectivity index (χ1v) is 21.8. The zero-order chi connectivity index (χ0) is 41.7. The SMILES string of the molecule is c1ccc(-c2ccc(N(c3ccc(C4(c5ccccc5)c5ccccc5-c5ccccc5-c5ccccc54)cc3)c3cccc4c3c3ccccc3n4-c3ccccc3)cc2)cc1. The predicted molar refractivity (Wildman–Crippen MR) is 264 cm³/mol. The highest BCUT2D eigenvalue weighted by atomic mass is 15.1. The molecule has 0 N–H and O–H groups in total. The van der Waals surface area contributed by atoms with Crippen LogP contribution >= 0.6 is 0 Å². The van der Waals surface area contributed by atoms with Crippen molar-refractivity contribution in [2.45, 2.75) is 5.41 Å². The summed E-state index contributed by atoms with van der Waals surface area (Å²) < 4.78 is 2.40. The van der Waals surface area contributed by atoms with Crippen LogP contribution in [0.4, 0.5) is 17.1 Å². The number of nitrogens with zero attached hydrogens (tertiary/aromatic N) is 2. The van der Waals surface area contributed by atoms with Crippen molar-refractivity contribution in [2.75, 3.05) is 4.90 Å². The molecule has 1 heterocycles. The molecule has 63 heavy (non-hydrogen) atoms. The second-order valence-electron chi connectivity index (χ2n) is 16.4. The Bertz CT molecular complexity index is 3350. The van der Waals surface area contributed by atoms with Crippen molar-refractivity contribution in [2.24, 2.45) is 0 Å². The first-order valence-electron chi connectivity index (χ1n) is 21.8. The minimum Gasteiger partial charge on any atom is -0.310 e. The van der Waals surface area contributed by atoms with Gasteiger partial charge in [-0.25, -0.2) is 0 Å². The molecule has 2 nitrogen and oxygen atoms in total. The molecule has 0 atom stereocenters. The van der Waals surface area contributed by atoms with Crippen molar-refractivity contribution in [3.63, 3.8) is 0 Å². The summed E-state index contributed by atoms with van der Waals surface area (Å²) >= 11 is 0. The Morgan fingerprint density at radius 2 is 0.778 bits per heavy atom. The van der Waals surface area contributed by atoms with Gasteiger partial charge in [-0.2, -0.15) is 0 Å². The number of anilines is 3. The predicted octanol–water partition coefficient (Wildman–Crippen LogP) is 16.0. The smallest absolute Gasteiger partial charge is 0.0713 e. The van der Waals surface area contributed by atoms with Gasteiger partial charge in [0.05, 0.1) is 22.1 Å². The minimum atomic E-state index is -0.614. The van der Waals surface area contributed by atoms with Crippen molar-refractivity contribution in [1.29, 1.82) is 0 Å². The fourth-order valence-electron chi connectivity index (χ4n) is 10.4. The summed E-state index contributed by atoms with van der Waals surface area (Å²) in [5.74, 6) is 0. The molecule has 0 fully saturated rings. The summed E-state index contributed by atoms with van der Waals surface area (Å²) in [4.78, 5) is 2.45. The maximum Gasteiger partial charge on any atom is 0.0713 e. The van der Waals surface area contributed by atoms with Crippen LogP contribution in [0.5, 0.6) is 0 Å². The largest absolute Gasteiger partial charge is 0.310 e. The highest BCUT2D eigenvalue weighted by Crippen LogP contribution is 2.55. The van der Waals surface area contributed by atoms with Gasteiger partial charge in [0.2, 0.25) is 0 Å². The second kappa shape index (κ2) is 15.1. The van der Waals surface area contributed by atoms with Crippen LogP contribution in [0.2, 0.25) is 0 Å². The zero-order valence-corrected chi connectivity index (χ0v) is 34.6. The van der Waals surface area contributed by atoms with E-state index in [2.05, 4.69) is 264 Å². The zero-order valence-electron chi connectivity index (χ0n) is 34.6. The summed E-state index contributed by atoms with van der Waals surface area (Å²) in [6, 6.07) is 93.5. The first kappa shape index (κ1) is 36.6. The van der Waals surface area contributed by atoms with Crippen molar-refractivity contribution < 1.29 is 0 Å². The van der Waals surface area contributed by atoms with Gasteiger partial charge >= 0.3 is 0 Å². The molecule has 0 unspecified atom stereocenters. The molecule has 0 saturated heterocycles. The normalized spacial score (nSPS) is 12.6. The number of hydrogen-bond donors (Lipinski definition) is 0. The van der Waals surface area contributed by atoms with E-state index >= 15 is 0 Å². The van der Waals surface area contributed by atoms with E-state index < -0.39 is 5.41 Å². The number of benzene rings is 10. The highest BCUT2D eigenvalue weighted by molar-refractivity contribution is 6.16. The van der Waals surface area contributed by atoms with Gasteiger partial charge in [-0.15, -0.1) is 0 Å². The second-order valence-corrected chi connectivity index (χ2v) is 16.4. The fourth-order valence-corrected chi connectivity index (χ4v) is 10.4. The van der Waals surface area contributed by atoms with Crippen molar-refractivity contribution in [3.8, 4) is 39.1 Å². The van der Waals surface area contributed by atoms with Crippen LogP contribution in [0.1, 0.15) is 22.3 Å². The highest BCUT2D eigenvalue weighted by Gasteiger charge is 2.43.